The summed E-state index contributed by atoms with van der Waals surface area (Å²) in [5.74, 6) is 0.335. The number of para-hydroxylation sites is 1. The molecule has 82 valence electrons. The molecule has 0 aromatic heterocycles. The number of carbonyl (C=O) groups excluding carboxylic acids is 1. The number of rotatable bonds is 0. The predicted molar refractivity (Wildman–Crippen MR) is 66.6 cm³/mol. The maximum absolute atomic E-state index is 11.8. The van der Waals surface area contributed by atoms with Crippen LogP contribution in [0.5, 0.6) is 0 Å². The zero-order chi connectivity index (χ0) is 11.1. The van der Waals surface area contributed by atoms with Gasteiger partial charge in [-0.1, -0.05) is 23.9 Å². The van der Waals surface area contributed by atoms with Crippen molar-refractivity contribution in [2.24, 2.45) is 0 Å². The summed E-state index contributed by atoms with van der Waals surface area (Å²) >= 11 is 1.73. The molecule has 1 aromatic rings. The summed E-state index contributed by atoms with van der Waals surface area (Å²) in [5, 5.41) is 1.14. The lowest BCUT2D eigenvalue weighted by molar-refractivity contribution is -0.114. The van der Waals surface area contributed by atoms with Crippen molar-refractivity contribution in [2.75, 3.05) is 11.9 Å². The molecule has 1 aromatic carbocycles. The number of ketones is 1. The van der Waals surface area contributed by atoms with Crippen LogP contribution in [0.2, 0.25) is 0 Å². The molecular formula is C13H13NOS. The molecule has 1 fully saturated rings. The molecule has 1 aliphatic heterocycles. The number of thioether (sulfide) groups is 1. The first kappa shape index (κ1) is 9.97. The van der Waals surface area contributed by atoms with Crippen LogP contribution in [0.1, 0.15) is 19.3 Å². The molecule has 0 unspecified atom stereocenters. The van der Waals surface area contributed by atoms with Crippen molar-refractivity contribution in [1.82, 2.24) is 0 Å². The third kappa shape index (κ3) is 1.39. The fourth-order valence-corrected chi connectivity index (χ4v) is 3.55. The van der Waals surface area contributed by atoms with E-state index in [0.717, 1.165) is 29.9 Å². The van der Waals surface area contributed by atoms with E-state index in [-0.39, 0.29) is 0 Å². The first-order chi connectivity index (χ1) is 7.77. The van der Waals surface area contributed by atoms with E-state index in [4.69, 9.17) is 0 Å². The second-order valence-corrected chi connectivity index (χ2v) is 5.22. The van der Waals surface area contributed by atoms with Crippen LogP contribution in [-0.4, -0.2) is 12.8 Å². The molecule has 0 spiro atoms. The highest BCUT2D eigenvalue weighted by Crippen LogP contribution is 2.47. The van der Waals surface area contributed by atoms with Crippen LogP contribution in [0.3, 0.4) is 0 Å². The zero-order valence-corrected chi connectivity index (χ0v) is 10.0. The summed E-state index contributed by atoms with van der Waals surface area (Å²) < 4.78 is 0. The van der Waals surface area contributed by atoms with Crippen LogP contribution in [-0.2, 0) is 4.79 Å². The first-order valence-electron chi connectivity index (χ1n) is 5.54. The van der Waals surface area contributed by atoms with E-state index < -0.39 is 0 Å². The highest BCUT2D eigenvalue weighted by Gasteiger charge is 2.29. The SMILES string of the molecule is CN1C(=C2CCCC2=O)Sc2ccccc21. The largest absolute Gasteiger partial charge is 0.338 e. The highest BCUT2D eigenvalue weighted by molar-refractivity contribution is 8.03. The number of nitrogens with zero attached hydrogens (tertiary/aromatic N) is 1. The van der Waals surface area contributed by atoms with Crippen LogP contribution >= 0.6 is 11.8 Å². The molecule has 0 bridgehead atoms. The predicted octanol–water partition coefficient (Wildman–Crippen LogP) is 3.19. The average molecular weight is 231 g/mol. The molecule has 0 N–H and O–H groups in total. The van der Waals surface area contributed by atoms with Gasteiger partial charge in [-0.25, -0.2) is 0 Å². The molecule has 2 aliphatic rings. The monoisotopic (exact) mass is 231 g/mol. The Balaban J connectivity index is 2.07. The van der Waals surface area contributed by atoms with E-state index in [9.17, 15) is 4.79 Å². The molecule has 1 heterocycles. The minimum absolute atomic E-state index is 0.335. The van der Waals surface area contributed by atoms with Gasteiger partial charge in [0.15, 0.2) is 5.78 Å². The van der Waals surface area contributed by atoms with Gasteiger partial charge in [0.2, 0.25) is 0 Å². The van der Waals surface area contributed by atoms with Crippen LogP contribution in [0.15, 0.2) is 39.8 Å². The zero-order valence-electron chi connectivity index (χ0n) is 9.19. The summed E-state index contributed by atoms with van der Waals surface area (Å²) in [4.78, 5) is 15.2. The van der Waals surface area contributed by atoms with Crippen molar-refractivity contribution < 1.29 is 4.79 Å². The lowest BCUT2D eigenvalue weighted by atomic mass is 10.2. The number of hydrogen-bond donors (Lipinski definition) is 0. The van der Waals surface area contributed by atoms with Gasteiger partial charge in [-0.15, -0.1) is 0 Å². The lowest BCUT2D eigenvalue weighted by Gasteiger charge is -2.15. The van der Waals surface area contributed by atoms with Crippen molar-refractivity contribution in [3.05, 3.63) is 34.9 Å². The van der Waals surface area contributed by atoms with Gasteiger partial charge in [0, 0.05) is 23.9 Å². The number of carbonyl (C=O) groups is 1. The second-order valence-electron chi connectivity index (χ2n) is 4.19. The van der Waals surface area contributed by atoms with Crippen LogP contribution in [0.4, 0.5) is 5.69 Å². The van der Waals surface area contributed by atoms with Crippen LogP contribution in [0, 0.1) is 0 Å². The Kier molecular flexibility index (Phi) is 2.28. The highest BCUT2D eigenvalue weighted by atomic mass is 32.2. The number of benzene rings is 1. The number of Topliss-reactive ketones (excluding diaryl/α,β-unsaturated/α-hetero) is 1. The Morgan fingerprint density at radius 3 is 2.75 bits per heavy atom. The number of fused-ring (bicyclic) bond motifs is 1. The number of hydrogen-bond acceptors (Lipinski definition) is 3. The van der Waals surface area contributed by atoms with E-state index in [1.165, 1.54) is 10.6 Å². The van der Waals surface area contributed by atoms with E-state index in [1.807, 2.05) is 19.2 Å². The van der Waals surface area contributed by atoms with Gasteiger partial charge in [0.1, 0.15) is 0 Å². The Bertz CT molecular complexity index is 492. The van der Waals surface area contributed by atoms with Gasteiger partial charge in [-0.3, -0.25) is 4.79 Å². The van der Waals surface area contributed by atoms with Gasteiger partial charge in [-0.05, 0) is 25.0 Å². The normalized spacial score (nSPS) is 24.1. The quantitative estimate of drug-likeness (QED) is 0.640. The molecule has 3 rings (SSSR count). The summed E-state index contributed by atoms with van der Waals surface area (Å²) in [5.41, 5.74) is 2.25. The molecule has 0 amide bonds. The Labute approximate surface area is 99.3 Å². The number of allylic oxidation sites excluding steroid dienone is 1. The molecule has 0 atom stereocenters. The van der Waals surface area contributed by atoms with Crippen LogP contribution < -0.4 is 4.90 Å². The van der Waals surface area contributed by atoms with Crippen molar-refractivity contribution in [3.63, 3.8) is 0 Å². The molecule has 1 saturated carbocycles. The third-order valence-corrected chi connectivity index (χ3v) is 4.44. The van der Waals surface area contributed by atoms with Gasteiger partial charge in [0.25, 0.3) is 0 Å². The Hall–Kier alpha value is -1.22. The third-order valence-electron chi connectivity index (χ3n) is 3.16. The summed E-state index contributed by atoms with van der Waals surface area (Å²) in [6.45, 7) is 0. The molecule has 2 nitrogen and oxygen atoms in total. The van der Waals surface area contributed by atoms with E-state index in [0.29, 0.717) is 5.78 Å². The molecular weight excluding hydrogens is 218 g/mol. The van der Waals surface area contributed by atoms with Crippen molar-refractivity contribution in [3.8, 4) is 0 Å². The first-order valence-corrected chi connectivity index (χ1v) is 6.36. The molecule has 1 aliphatic carbocycles. The van der Waals surface area contributed by atoms with E-state index in [2.05, 4.69) is 17.0 Å². The van der Waals surface area contributed by atoms with Gasteiger partial charge < -0.3 is 4.90 Å². The van der Waals surface area contributed by atoms with Gasteiger partial charge in [0.05, 0.1) is 10.7 Å². The minimum Gasteiger partial charge on any atom is -0.338 e. The summed E-state index contributed by atoms with van der Waals surface area (Å²) in [6, 6.07) is 8.31. The average Bonchev–Trinajstić information content (AvgIpc) is 2.84. The maximum Gasteiger partial charge on any atom is 0.161 e. The molecule has 3 heteroatoms. The molecule has 0 saturated heterocycles. The Morgan fingerprint density at radius 1 is 1.25 bits per heavy atom. The maximum atomic E-state index is 11.8. The topological polar surface area (TPSA) is 20.3 Å². The smallest absolute Gasteiger partial charge is 0.161 e. The minimum atomic E-state index is 0.335. The van der Waals surface area contributed by atoms with Crippen molar-refractivity contribution in [2.45, 2.75) is 24.2 Å². The van der Waals surface area contributed by atoms with E-state index >= 15 is 0 Å². The summed E-state index contributed by atoms with van der Waals surface area (Å²) in [7, 11) is 2.05. The molecule has 16 heavy (non-hydrogen) atoms. The lowest BCUT2D eigenvalue weighted by Crippen LogP contribution is -2.13. The Morgan fingerprint density at radius 2 is 2.06 bits per heavy atom. The van der Waals surface area contributed by atoms with E-state index in [1.54, 1.807) is 11.8 Å². The molecule has 0 radical (unpaired) electrons. The standard InChI is InChI=1S/C13H13NOS/c1-14-10-6-2-3-8-12(10)16-13(14)9-5-4-7-11(9)15/h2-3,6,8H,4-5,7H2,1H3. The van der Waals surface area contributed by atoms with Crippen LogP contribution in [0.25, 0.3) is 0 Å². The second kappa shape index (κ2) is 3.67. The van der Waals surface area contributed by atoms with Gasteiger partial charge in [-0.2, -0.15) is 0 Å². The fourth-order valence-electron chi connectivity index (χ4n) is 2.31. The summed E-state index contributed by atoms with van der Waals surface area (Å²) in [6.07, 6.45) is 2.69. The fraction of sp³-hybridized carbons (Fsp3) is 0.308. The number of anilines is 1. The van der Waals surface area contributed by atoms with Gasteiger partial charge >= 0.3 is 0 Å². The van der Waals surface area contributed by atoms with Crippen molar-refractivity contribution >= 4 is 23.2 Å². The van der Waals surface area contributed by atoms with Crippen molar-refractivity contribution in [1.29, 1.82) is 0 Å².